The van der Waals surface area contributed by atoms with Gasteiger partial charge >= 0.3 is 6.18 Å². The Kier molecular flexibility index (Phi) is 5.73. The summed E-state index contributed by atoms with van der Waals surface area (Å²) in [5.74, 6) is -0.564. The molecule has 114 valence electrons. The van der Waals surface area contributed by atoms with Crippen molar-refractivity contribution < 1.29 is 18.0 Å². The Bertz CT molecular complexity index is 549. The number of amides is 1. The number of benzene rings is 1. The fraction of sp³-hybridized carbons (Fsp3) is 0.429. The molecular weight excluding hydrogens is 283 g/mol. The van der Waals surface area contributed by atoms with E-state index in [9.17, 15) is 18.0 Å². The van der Waals surface area contributed by atoms with Gasteiger partial charge in [0.15, 0.2) is 0 Å². The summed E-state index contributed by atoms with van der Waals surface area (Å²) in [6, 6.07) is 4.77. The van der Waals surface area contributed by atoms with Crippen LogP contribution in [0.5, 0.6) is 0 Å². The minimum Gasteiger partial charge on any atom is -0.324 e. The maximum absolute atomic E-state index is 12.9. The Morgan fingerprint density at radius 1 is 1.43 bits per heavy atom. The average Bonchev–Trinajstić information content (AvgIpc) is 2.44. The number of rotatable bonds is 5. The zero-order chi connectivity index (χ0) is 16.0. The lowest BCUT2D eigenvalue weighted by atomic mass is 10.1. The Labute approximate surface area is 121 Å². The van der Waals surface area contributed by atoms with E-state index in [1.165, 1.54) is 6.07 Å². The Balaban J connectivity index is 2.88. The first-order chi connectivity index (χ1) is 9.77. The van der Waals surface area contributed by atoms with Gasteiger partial charge in [-0.3, -0.25) is 4.79 Å². The fourth-order valence-corrected chi connectivity index (χ4v) is 1.56. The van der Waals surface area contributed by atoms with E-state index in [4.69, 9.17) is 5.26 Å². The second-order valence-corrected chi connectivity index (χ2v) is 4.61. The number of alkyl halides is 3. The highest BCUT2D eigenvalue weighted by atomic mass is 19.4. The molecule has 0 aliphatic rings. The van der Waals surface area contributed by atoms with Crippen LogP contribution in [-0.4, -0.2) is 18.5 Å². The summed E-state index contributed by atoms with van der Waals surface area (Å²) in [7, 11) is 0. The van der Waals surface area contributed by atoms with Crippen LogP contribution in [0.15, 0.2) is 18.2 Å². The summed E-state index contributed by atoms with van der Waals surface area (Å²) in [4.78, 5) is 11.7. The van der Waals surface area contributed by atoms with E-state index < -0.39 is 17.6 Å². The van der Waals surface area contributed by atoms with Crippen LogP contribution >= 0.6 is 0 Å². The van der Waals surface area contributed by atoms with Crippen LogP contribution in [0.1, 0.15) is 31.4 Å². The van der Waals surface area contributed by atoms with E-state index in [1.807, 2.05) is 13.8 Å². The number of carbonyl (C=O) groups excluding carboxylic acids is 1. The molecule has 1 aromatic rings. The molecule has 0 aromatic heterocycles. The second kappa shape index (κ2) is 7.09. The van der Waals surface area contributed by atoms with Gasteiger partial charge in [-0.25, -0.2) is 0 Å². The number of nitrogens with zero attached hydrogens (tertiary/aromatic N) is 1. The molecule has 4 nitrogen and oxygen atoms in total. The summed E-state index contributed by atoms with van der Waals surface area (Å²) in [6.07, 6.45) is -3.84. The zero-order valence-corrected chi connectivity index (χ0v) is 11.7. The number of nitrogens with one attached hydrogen (secondary N) is 2. The second-order valence-electron chi connectivity index (χ2n) is 4.61. The van der Waals surface area contributed by atoms with Gasteiger partial charge in [0.2, 0.25) is 5.91 Å². The van der Waals surface area contributed by atoms with E-state index in [0.717, 1.165) is 18.6 Å². The van der Waals surface area contributed by atoms with Gasteiger partial charge in [0, 0.05) is 6.04 Å². The summed E-state index contributed by atoms with van der Waals surface area (Å²) in [5.41, 5.74) is -1.49. The van der Waals surface area contributed by atoms with E-state index >= 15 is 0 Å². The highest BCUT2D eigenvalue weighted by molar-refractivity contribution is 5.93. The summed E-state index contributed by atoms with van der Waals surface area (Å²) in [5, 5.41) is 13.8. The Morgan fingerprint density at radius 2 is 2.10 bits per heavy atom. The van der Waals surface area contributed by atoms with Crippen LogP contribution in [0, 0.1) is 11.3 Å². The lowest BCUT2D eigenvalue weighted by Gasteiger charge is -2.15. The lowest BCUT2D eigenvalue weighted by molar-refractivity contribution is -0.137. The fourth-order valence-electron chi connectivity index (χ4n) is 1.56. The van der Waals surface area contributed by atoms with Gasteiger partial charge in [-0.1, -0.05) is 6.92 Å². The summed E-state index contributed by atoms with van der Waals surface area (Å²) >= 11 is 0. The van der Waals surface area contributed by atoms with Crippen molar-refractivity contribution in [2.24, 2.45) is 0 Å². The SMILES string of the molecule is CCC(C)NCC(=O)Nc1ccc(C#N)cc1C(F)(F)F. The molecule has 0 saturated heterocycles. The van der Waals surface area contributed by atoms with Crippen molar-refractivity contribution in [3.63, 3.8) is 0 Å². The molecule has 0 bridgehead atoms. The van der Waals surface area contributed by atoms with E-state index in [0.29, 0.717) is 0 Å². The standard InChI is InChI=1S/C14H16F3N3O/c1-3-9(2)19-8-13(21)20-12-5-4-10(7-18)6-11(12)14(15,16)17/h4-6,9,19H,3,8H2,1-2H3,(H,20,21). The molecule has 1 aromatic carbocycles. The van der Waals surface area contributed by atoms with Crippen LogP contribution in [0.4, 0.5) is 18.9 Å². The minimum atomic E-state index is -4.64. The number of halogens is 3. The smallest absolute Gasteiger partial charge is 0.324 e. The van der Waals surface area contributed by atoms with Crippen LogP contribution in [-0.2, 0) is 11.0 Å². The number of hydrogen-bond acceptors (Lipinski definition) is 3. The van der Waals surface area contributed by atoms with Crippen LogP contribution in [0.2, 0.25) is 0 Å². The van der Waals surface area contributed by atoms with Gasteiger partial charge in [-0.15, -0.1) is 0 Å². The van der Waals surface area contributed by atoms with E-state index in [-0.39, 0.29) is 23.8 Å². The van der Waals surface area contributed by atoms with Gasteiger partial charge in [-0.05, 0) is 31.5 Å². The predicted octanol–water partition coefficient (Wildman–Crippen LogP) is 2.90. The maximum atomic E-state index is 12.9. The number of carbonyl (C=O) groups is 1. The molecule has 1 unspecified atom stereocenters. The molecule has 1 amide bonds. The molecule has 0 fully saturated rings. The van der Waals surface area contributed by atoms with E-state index in [1.54, 1.807) is 6.07 Å². The normalized spacial score (nSPS) is 12.6. The first kappa shape index (κ1) is 17.0. The number of anilines is 1. The molecule has 0 aliphatic heterocycles. The van der Waals surface area contributed by atoms with E-state index in [2.05, 4.69) is 10.6 Å². The third-order valence-electron chi connectivity index (χ3n) is 2.95. The van der Waals surface area contributed by atoms with Gasteiger partial charge < -0.3 is 10.6 Å². The largest absolute Gasteiger partial charge is 0.418 e. The molecule has 21 heavy (non-hydrogen) atoms. The van der Waals surface area contributed by atoms with Gasteiger partial charge in [0.05, 0.1) is 29.4 Å². The average molecular weight is 299 g/mol. The monoisotopic (exact) mass is 299 g/mol. The van der Waals surface area contributed by atoms with Crippen molar-refractivity contribution in [1.82, 2.24) is 5.32 Å². The highest BCUT2D eigenvalue weighted by Gasteiger charge is 2.34. The highest BCUT2D eigenvalue weighted by Crippen LogP contribution is 2.35. The molecule has 0 aliphatic carbocycles. The van der Waals surface area contributed by atoms with Crippen molar-refractivity contribution in [1.29, 1.82) is 5.26 Å². The topological polar surface area (TPSA) is 64.9 Å². The summed E-state index contributed by atoms with van der Waals surface area (Å²) in [6.45, 7) is 3.72. The predicted molar refractivity (Wildman–Crippen MR) is 72.5 cm³/mol. The third-order valence-corrected chi connectivity index (χ3v) is 2.95. The number of nitriles is 1. The Morgan fingerprint density at radius 3 is 2.62 bits per heavy atom. The van der Waals surface area contributed by atoms with Crippen LogP contribution < -0.4 is 10.6 Å². The van der Waals surface area contributed by atoms with Gasteiger partial charge in [0.25, 0.3) is 0 Å². The van der Waals surface area contributed by atoms with Crippen molar-refractivity contribution in [2.45, 2.75) is 32.5 Å². The third kappa shape index (κ3) is 5.08. The molecule has 0 saturated carbocycles. The minimum absolute atomic E-state index is 0.0771. The molecule has 1 rings (SSSR count). The van der Waals surface area contributed by atoms with Crippen LogP contribution in [0.3, 0.4) is 0 Å². The van der Waals surface area contributed by atoms with Crippen molar-refractivity contribution in [2.75, 3.05) is 11.9 Å². The molecule has 1 atom stereocenters. The number of hydrogen-bond donors (Lipinski definition) is 2. The van der Waals surface area contributed by atoms with Crippen molar-refractivity contribution in [3.8, 4) is 6.07 Å². The molecule has 0 heterocycles. The first-order valence-corrected chi connectivity index (χ1v) is 6.42. The molecular formula is C14H16F3N3O. The van der Waals surface area contributed by atoms with Crippen LogP contribution in [0.25, 0.3) is 0 Å². The van der Waals surface area contributed by atoms with Crippen molar-refractivity contribution >= 4 is 11.6 Å². The zero-order valence-electron chi connectivity index (χ0n) is 11.7. The molecule has 7 heteroatoms. The Hall–Kier alpha value is -2.07. The quantitative estimate of drug-likeness (QED) is 0.878. The van der Waals surface area contributed by atoms with Crippen molar-refractivity contribution in [3.05, 3.63) is 29.3 Å². The lowest BCUT2D eigenvalue weighted by Crippen LogP contribution is -2.34. The summed E-state index contributed by atoms with van der Waals surface area (Å²) < 4.78 is 38.7. The first-order valence-electron chi connectivity index (χ1n) is 6.42. The van der Waals surface area contributed by atoms with Gasteiger partial charge in [0.1, 0.15) is 0 Å². The molecule has 2 N–H and O–H groups in total. The molecule has 0 spiro atoms. The molecule has 0 radical (unpaired) electrons. The maximum Gasteiger partial charge on any atom is 0.418 e. The van der Waals surface area contributed by atoms with Gasteiger partial charge in [-0.2, -0.15) is 18.4 Å².